The van der Waals surface area contributed by atoms with E-state index in [1.807, 2.05) is 18.2 Å². The molecule has 0 spiro atoms. The monoisotopic (exact) mass is 356 g/mol. The lowest BCUT2D eigenvalue weighted by Gasteiger charge is -2.35. The summed E-state index contributed by atoms with van der Waals surface area (Å²) in [4.78, 5) is 12.7. The van der Waals surface area contributed by atoms with Crippen LogP contribution in [0.5, 0.6) is 11.5 Å². The second kappa shape index (κ2) is 8.55. The minimum Gasteiger partial charge on any atom is -0.486 e. The highest BCUT2D eigenvalue weighted by Crippen LogP contribution is 2.32. The molecule has 1 aromatic carbocycles. The first kappa shape index (κ1) is 18.8. The molecule has 0 saturated carbocycles. The zero-order chi connectivity index (χ0) is 16.1. The van der Waals surface area contributed by atoms with Gasteiger partial charge in [-0.1, -0.05) is 6.07 Å². The lowest BCUT2D eigenvalue weighted by atomic mass is 9.78. The summed E-state index contributed by atoms with van der Waals surface area (Å²) < 4.78 is 16.4. The molecule has 0 bridgehead atoms. The van der Waals surface area contributed by atoms with Crippen molar-refractivity contribution >= 4 is 18.3 Å². The quantitative estimate of drug-likeness (QED) is 0.837. The van der Waals surface area contributed by atoms with Gasteiger partial charge >= 0.3 is 0 Å². The maximum Gasteiger partial charge on any atom is 0.228 e. The van der Waals surface area contributed by atoms with E-state index in [2.05, 4.69) is 10.6 Å². The molecule has 0 aliphatic carbocycles. The largest absolute Gasteiger partial charge is 0.486 e. The van der Waals surface area contributed by atoms with Crippen molar-refractivity contribution in [2.75, 3.05) is 40.0 Å². The van der Waals surface area contributed by atoms with Crippen LogP contribution in [-0.2, 0) is 16.1 Å². The summed E-state index contributed by atoms with van der Waals surface area (Å²) in [5.41, 5.74) is 0.581. The molecule has 0 aromatic heterocycles. The van der Waals surface area contributed by atoms with Gasteiger partial charge in [0.2, 0.25) is 5.91 Å². The van der Waals surface area contributed by atoms with Crippen LogP contribution in [-0.4, -0.2) is 45.9 Å². The molecule has 0 atom stereocenters. The Hall–Kier alpha value is -1.50. The number of halogens is 1. The number of piperidine rings is 1. The Kier molecular flexibility index (Phi) is 6.71. The van der Waals surface area contributed by atoms with Crippen LogP contribution in [0.2, 0.25) is 0 Å². The third-order valence-electron chi connectivity index (χ3n) is 4.52. The number of ether oxygens (including phenoxy) is 3. The fraction of sp³-hybridized carbons (Fsp3) is 0.588. The van der Waals surface area contributed by atoms with E-state index < -0.39 is 5.41 Å². The van der Waals surface area contributed by atoms with Crippen molar-refractivity contribution in [2.24, 2.45) is 5.41 Å². The normalized spacial score (nSPS) is 18.4. The Morgan fingerprint density at radius 2 is 1.96 bits per heavy atom. The molecule has 0 radical (unpaired) electrons. The fourth-order valence-electron chi connectivity index (χ4n) is 3.19. The molecule has 1 aromatic rings. The number of methoxy groups -OCH3 is 1. The number of nitrogens with one attached hydrogen (secondary N) is 2. The number of rotatable bonds is 5. The molecule has 7 heteroatoms. The average molecular weight is 357 g/mol. The Bertz CT molecular complexity index is 556. The number of hydrogen-bond donors (Lipinski definition) is 2. The highest BCUT2D eigenvalue weighted by molar-refractivity contribution is 5.85. The van der Waals surface area contributed by atoms with Crippen LogP contribution in [0, 0.1) is 5.41 Å². The molecule has 1 fully saturated rings. The smallest absolute Gasteiger partial charge is 0.228 e. The van der Waals surface area contributed by atoms with Crippen molar-refractivity contribution in [3.05, 3.63) is 23.8 Å². The molecule has 3 rings (SSSR count). The van der Waals surface area contributed by atoms with E-state index in [0.29, 0.717) is 26.4 Å². The Morgan fingerprint density at radius 1 is 1.25 bits per heavy atom. The maximum absolute atomic E-state index is 12.7. The molecule has 6 nitrogen and oxygen atoms in total. The van der Waals surface area contributed by atoms with Crippen molar-refractivity contribution in [3.8, 4) is 11.5 Å². The van der Waals surface area contributed by atoms with Crippen LogP contribution < -0.4 is 20.1 Å². The van der Waals surface area contributed by atoms with Crippen LogP contribution in [0.4, 0.5) is 0 Å². The van der Waals surface area contributed by atoms with Crippen molar-refractivity contribution < 1.29 is 19.0 Å². The Balaban J connectivity index is 0.00000208. The van der Waals surface area contributed by atoms with Crippen molar-refractivity contribution in [1.82, 2.24) is 10.6 Å². The topological polar surface area (TPSA) is 68.8 Å². The number of amides is 1. The molecule has 2 N–H and O–H groups in total. The molecule has 2 aliphatic rings. The summed E-state index contributed by atoms with van der Waals surface area (Å²) in [5, 5.41) is 6.35. The Labute approximate surface area is 148 Å². The molecular weight excluding hydrogens is 332 g/mol. The van der Waals surface area contributed by atoms with Crippen LogP contribution in [0.1, 0.15) is 18.4 Å². The molecule has 24 heavy (non-hydrogen) atoms. The predicted molar refractivity (Wildman–Crippen MR) is 92.9 cm³/mol. The van der Waals surface area contributed by atoms with E-state index >= 15 is 0 Å². The highest BCUT2D eigenvalue weighted by Gasteiger charge is 2.39. The van der Waals surface area contributed by atoms with Gasteiger partial charge in [-0.05, 0) is 43.6 Å². The number of benzene rings is 1. The van der Waals surface area contributed by atoms with Gasteiger partial charge in [-0.25, -0.2) is 0 Å². The summed E-state index contributed by atoms with van der Waals surface area (Å²) in [7, 11) is 1.65. The first-order chi connectivity index (χ1) is 11.2. The van der Waals surface area contributed by atoms with Gasteiger partial charge < -0.3 is 24.8 Å². The number of hydrogen-bond acceptors (Lipinski definition) is 5. The summed E-state index contributed by atoms with van der Waals surface area (Å²) >= 11 is 0. The third-order valence-corrected chi connectivity index (χ3v) is 4.52. The van der Waals surface area contributed by atoms with Gasteiger partial charge in [0.05, 0.1) is 12.0 Å². The zero-order valence-electron chi connectivity index (χ0n) is 13.9. The summed E-state index contributed by atoms with van der Waals surface area (Å²) in [6.07, 6.45) is 1.60. The minimum atomic E-state index is -0.423. The van der Waals surface area contributed by atoms with E-state index in [1.165, 1.54) is 0 Å². The van der Waals surface area contributed by atoms with Crippen molar-refractivity contribution in [3.63, 3.8) is 0 Å². The number of carbonyl (C=O) groups excluding carboxylic acids is 1. The SMILES string of the molecule is COCC1(C(=O)NCc2ccc3c(c2)OCCO3)CCNCC1.Cl. The van der Waals surface area contributed by atoms with Gasteiger partial charge in [0, 0.05) is 13.7 Å². The molecule has 0 unspecified atom stereocenters. The van der Waals surface area contributed by atoms with Crippen LogP contribution in [0.3, 0.4) is 0 Å². The first-order valence-electron chi connectivity index (χ1n) is 8.10. The van der Waals surface area contributed by atoms with Crippen LogP contribution in [0.15, 0.2) is 18.2 Å². The molecule has 2 heterocycles. The second-order valence-electron chi connectivity index (χ2n) is 6.12. The van der Waals surface area contributed by atoms with E-state index in [-0.39, 0.29) is 18.3 Å². The number of fused-ring (bicyclic) bond motifs is 1. The van der Waals surface area contributed by atoms with E-state index in [9.17, 15) is 4.79 Å². The molecule has 134 valence electrons. The lowest BCUT2D eigenvalue weighted by Crippen LogP contribution is -2.49. The average Bonchev–Trinajstić information content (AvgIpc) is 2.60. The third kappa shape index (κ3) is 4.12. The Morgan fingerprint density at radius 3 is 2.67 bits per heavy atom. The standard InChI is InChI=1S/C17H24N2O4.ClH/c1-21-12-17(4-6-18-7-5-17)16(20)19-11-13-2-3-14-15(10-13)23-9-8-22-14;/h2-3,10,18H,4-9,11-12H2,1H3,(H,19,20);1H. The zero-order valence-corrected chi connectivity index (χ0v) is 14.7. The molecule has 2 aliphatic heterocycles. The van der Waals surface area contributed by atoms with Gasteiger partial charge in [0.25, 0.3) is 0 Å². The van der Waals surface area contributed by atoms with Crippen molar-refractivity contribution in [2.45, 2.75) is 19.4 Å². The predicted octanol–water partition coefficient (Wildman–Crippen LogP) is 1.51. The lowest BCUT2D eigenvalue weighted by molar-refractivity contribution is -0.136. The van der Waals surface area contributed by atoms with Gasteiger partial charge in [0.15, 0.2) is 11.5 Å². The fourth-order valence-corrected chi connectivity index (χ4v) is 3.19. The van der Waals surface area contributed by atoms with E-state index in [4.69, 9.17) is 14.2 Å². The van der Waals surface area contributed by atoms with E-state index in [1.54, 1.807) is 7.11 Å². The highest BCUT2D eigenvalue weighted by atomic mass is 35.5. The minimum absolute atomic E-state index is 0. The maximum atomic E-state index is 12.7. The van der Waals surface area contributed by atoms with Gasteiger partial charge in [0.1, 0.15) is 13.2 Å². The summed E-state index contributed by atoms with van der Waals surface area (Å²) in [5.74, 6) is 1.58. The summed E-state index contributed by atoms with van der Waals surface area (Å²) in [6, 6.07) is 5.78. The summed E-state index contributed by atoms with van der Waals surface area (Å²) in [6.45, 7) is 3.78. The van der Waals surface area contributed by atoms with Crippen LogP contribution in [0.25, 0.3) is 0 Å². The van der Waals surface area contributed by atoms with Crippen molar-refractivity contribution in [1.29, 1.82) is 0 Å². The van der Waals surface area contributed by atoms with Crippen LogP contribution >= 0.6 is 12.4 Å². The number of carbonyl (C=O) groups is 1. The van der Waals surface area contributed by atoms with Gasteiger partial charge in [-0.15, -0.1) is 12.4 Å². The first-order valence-corrected chi connectivity index (χ1v) is 8.10. The second-order valence-corrected chi connectivity index (χ2v) is 6.12. The van der Waals surface area contributed by atoms with Gasteiger partial charge in [-0.2, -0.15) is 0 Å². The van der Waals surface area contributed by atoms with Gasteiger partial charge in [-0.3, -0.25) is 4.79 Å². The molecule has 1 amide bonds. The molecule has 1 saturated heterocycles. The van der Waals surface area contributed by atoms with E-state index in [0.717, 1.165) is 43.0 Å². The molecular formula is C17H25ClN2O4.